The Morgan fingerprint density at radius 1 is 1.33 bits per heavy atom. The number of aromatic nitrogens is 3. The van der Waals surface area contributed by atoms with Crippen LogP contribution >= 0.6 is 23.3 Å². The first-order chi connectivity index (χ1) is 8.50. The number of pyridine rings is 1. The second-order valence-corrected chi connectivity index (χ2v) is 5.19. The van der Waals surface area contributed by atoms with Crippen LogP contribution in [0.5, 0.6) is 0 Å². The average Bonchev–Trinajstić information content (AvgIpc) is 2.80. The Balaban J connectivity index is 2.37. The van der Waals surface area contributed by atoms with Gasteiger partial charge in [0.1, 0.15) is 17.0 Å². The third-order valence-electron chi connectivity index (χ3n) is 1.97. The molecule has 0 saturated carbocycles. The van der Waals surface area contributed by atoms with Gasteiger partial charge in [-0.25, -0.2) is 9.97 Å². The van der Waals surface area contributed by atoms with E-state index in [2.05, 4.69) is 14.3 Å². The maximum Gasteiger partial charge on any atom is 0.433 e. The molecule has 2 rings (SSSR count). The predicted molar refractivity (Wildman–Crippen MR) is 61.2 cm³/mol. The molecule has 18 heavy (non-hydrogen) atoms. The minimum atomic E-state index is -4.47. The normalized spacial score (nSPS) is 11.8. The molecule has 9 heteroatoms. The van der Waals surface area contributed by atoms with Crippen LogP contribution < -0.4 is 5.73 Å². The molecule has 0 bridgehead atoms. The Hall–Kier alpha value is -1.19. The number of alkyl halides is 3. The summed E-state index contributed by atoms with van der Waals surface area (Å²) in [4.78, 5) is 7.47. The van der Waals surface area contributed by atoms with Crippen molar-refractivity contribution in [3.05, 3.63) is 29.7 Å². The molecule has 0 atom stereocenters. The first kappa shape index (κ1) is 13.2. The lowest BCUT2D eigenvalue weighted by Gasteiger charge is -2.09. The van der Waals surface area contributed by atoms with E-state index in [1.165, 1.54) is 12.4 Å². The van der Waals surface area contributed by atoms with E-state index in [4.69, 9.17) is 5.73 Å². The third-order valence-corrected chi connectivity index (χ3v) is 3.74. The Labute approximate surface area is 109 Å². The highest BCUT2D eigenvalue weighted by molar-refractivity contribution is 8.00. The van der Waals surface area contributed by atoms with E-state index in [0.717, 1.165) is 29.4 Å². The van der Waals surface area contributed by atoms with Crippen LogP contribution in [0.1, 0.15) is 11.3 Å². The number of hydrogen-bond donors (Lipinski definition) is 1. The van der Waals surface area contributed by atoms with E-state index in [0.29, 0.717) is 9.90 Å². The van der Waals surface area contributed by atoms with Gasteiger partial charge in [0.15, 0.2) is 4.34 Å². The second-order valence-electron chi connectivity index (χ2n) is 3.17. The monoisotopic (exact) mass is 292 g/mol. The molecule has 0 aliphatic carbocycles. The molecule has 0 aromatic carbocycles. The van der Waals surface area contributed by atoms with Gasteiger partial charge >= 0.3 is 6.18 Å². The number of nitrogens with zero attached hydrogens (tertiary/aromatic N) is 3. The van der Waals surface area contributed by atoms with Gasteiger partial charge in [0.25, 0.3) is 0 Å². The molecule has 0 radical (unpaired) electrons. The third kappa shape index (κ3) is 2.98. The fourth-order valence-electron chi connectivity index (χ4n) is 1.16. The Morgan fingerprint density at radius 2 is 2.11 bits per heavy atom. The predicted octanol–water partition coefficient (Wildman–Crippen LogP) is 2.56. The van der Waals surface area contributed by atoms with E-state index < -0.39 is 11.9 Å². The van der Waals surface area contributed by atoms with Crippen molar-refractivity contribution in [3.8, 4) is 0 Å². The molecule has 2 N–H and O–H groups in total. The molecular formula is C9H7F3N4S2. The highest BCUT2D eigenvalue weighted by atomic mass is 32.2. The first-order valence-corrected chi connectivity index (χ1v) is 6.31. The Kier molecular flexibility index (Phi) is 3.83. The van der Waals surface area contributed by atoms with Crippen LogP contribution in [0.2, 0.25) is 0 Å². The molecule has 0 aliphatic heterocycles. The molecule has 0 fully saturated rings. The molecule has 0 unspecified atom stereocenters. The summed E-state index contributed by atoms with van der Waals surface area (Å²) in [6.07, 6.45) is -3.13. The molecule has 0 spiro atoms. The fraction of sp³-hybridized carbons (Fsp3) is 0.222. The van der Waals surface area contributed by atoms with Gasteiger partial charge < -0.3 is 5.73 Å². The first-order valence-electron chi connectivity index (χ1n) is 4.72. The van der Waals surface area contributed by atoms with Gasteiger partial charge in [-0.1, -0.05) is 6.07 Å². The molecule has 0 saturated heterocycles. The van der Waals surface area contributed by atoms with Gasteiger partial charge in [-0.3, -0.25) is 0 Å². The van der Waals surface area contributed by atoms with Crippen LogP contribution in [0.4, 0.5) is 13.2 Å². The van der Waals surface area contributed by atoms with E-state index in [1.54, 1.807) is 0 Å². The van der Waals surface area contributed by atoms with Gasteiger partial charge in [-0.05, 0) is 34.9 Å². The van der Waals surface area contributed by atoms with Gasteiger partial charge in [0.2, 0.25) is 0 Å². The van der Waals surface area contributed by atoms with Gasteiger partial charge in [0.05, 0.1) is 0 Å². The zero-order valence-corrected chi connectivity index (χ0v) is 10.4. The van der Waals surface area contributed by atoms with Gasteiger partial charge in [0, 0.05) is 6.54 Å². The van der Waals surface area contributed by atoms with Crippen molar-refractivity contribution in [2.45, 2.75) is 22.1 Å². The molecular weight excluding hydrogens is 285 g/mol. The lowest BCUT2D eigenvalue weighted by Crippen LogP contribution is -2.10. The summed E-state index contributed by atoms with van der Waals surface area (Å²) in [5.74, 6) is 0. The van der Waals surface area contributed by atoms with Crippen molar-refractivity contribution in [2.24, 2.45) is 5.73 Å². The van der Waals surface area contributed by atoms with Gasteiger partial charge in [-0.2, -0.15) is 17.5 Å². The van der Waals surface area contributed by atoms with Gasteiger partial charge in [-0.15, -0.1) is 0 Å². The van der Waals surface area contributed by atoms with Crippen LogP contribution in [-0.4, -0.2) is 14.3 Å². The molecule has 0 aliphatic rings. The number of nitrogens with two attached hydrogens (primary N) is 1. The maximum absolute atomic E-state index is 12.6. The van der Waals surface area contributed by atoms with Crippen molar-refractivity contribution in [3.63, 3.8) is 0 Å². The zero-order chi connectivity index (χ0) is 13.2. The molecule has 4 nitrogen and oxygen atoms in total. The van der Waals surface area contributed by atoms with Crippen molar-refractivity contribution in [1.29, 1.82) is 0 Å². The average molecular weight is 292 g/mol. The molecule has 2 heterocycles. The Morgan fingerprint density at radius 3 is 2.67 bits per heavy atom. The summed E-state index contributed by atoms with van der Waals surface area (Å²) >= 11 is 2.12. The highest BCUT2D eigenvalue weighted by Crippen LogP contribution is 2.33. The number of hydrogen-bond acceptors (Lipinski definition) is 6. The Bertz CT molecular complexity index is 527. The standard InChI is InChI=1S/C9H7F3N4S2/c10-9(11,12)6-2-1-5(3-13)7(16-6)17-8-14-4-15-18-8/h1-2,4H,3,13H2. The largest absolute Gasteiger partial charge is 0.433 e. The van der Waals surface area contributed by atoms with E-state index in [-0.39, 0.29) is 11.6 Å². The van der Waals surface area contributed by atoms with Crippen molar-refractivity contribution in [2.75, 3.05) is 0 Å². The highest BCUT2D eigenvalue weighted by Gasteiger charge is 2.33. The lowest BCUT2D eigenvalue weighted by atomic mass is 10.2. The smallest absolute Gasteiger partial charge is 0.326 e. The van der Waals surface area contributed by atoms with E-state index in [9.17, 15) is 13.2 Å². The minimum absolute atomic E-state index is 0.117. The molecule has 2 aromatic heterocycles. The summed E-state index contributed by atoms with van der Waals surface area (Å²) in [6.45, 7) is 0.117. The molecule has 96 valence electrons. The summed E-state index contributed by atoms with van der Waals surface area (Å²) in [5, 5.41) is 0.212. The zero-order valence-electron chi connectivity index (χ0n) is 8.81. The summed E-state index contributed by atoms with van der Waals surface area (Å²) in [5.41, 5.74) is 5.08. The quantitative estimate of drug-likeness (QED) is 0.942. The number of rotatable bonds is 3. The molecule has 2 aromatic rings. The van der Waals surface area contributed by atoms with Crippen LogP contribution in [0.3, 0.4) is 0 Å². The topological polar surface area (TPSA) is 64.7 Å². The van der Waals surface area contributed by atoms with Crippen molar-refractivity contribution in [1.82, 2.24) is 14.3 Å². The second kappa shape index (κ2) is 5.21. The summed E-state index contributed by atoms with van der Waals surface area (Å²) < 4.78 is 42.0. The maximum atomic E-state index is 12.6. The van der Waals surface area contributed by atoms with Crippen molar-refractivity contribution >= 4 is 23.3 Å². The van der Waals surface area contributed by atoms with Crippen LogP contribution in [0.15, 0.2) is 27.8 Å². The van der Waals surface area contributed by atoms with Crippen molar-refractivity contribution < 1.29 is 13.2 Å². The number of halogens is 3. The lowest BCUT2D eigenvalue weighted by molar-refractivity contribution is -0.141. The van der Waals surface area contributed by atoms with Crippen LogP contribution in [-0.2, 0) is 12.7 Å². The summed E-state index contributed by atoms with van der Waals surface area (Å²) in [7, 11) is 0. The fourth-order valence-corrected chi connectivity index (χ4v) is 2.65. The minimum Gasteiger partial charge on any atom is -0.326 e. The van der Waals surface area contributed by atoms with Crippen LogP contribution in [0.25, 0.3) is 0 Å². The SMILES string of the molecule is NCc1ccc(C(F)(F)F)nc1Sc1ncns1. The van der Waals surface area contributed by atoms with Crippen LogP contribution in [0, 0.1) is 0 Å². The van der Waals surface area contributed by atoms with E-state index >= 15 is 0 Å². The summed E-state index contributed by atoms with van der Waals surface area (Å²) in [6, 6.07) is 2.26. The van der Waals surface area contributed by atoms with E-state index in [1.807, 2.05) is 0 Å². The molecule has 0 amide bonds.